The second-order valence-corrected chi connectivity index (χ2v) is 12.0. The van der Waals surface area contributed by atoms with E-state index in [2.05, 4.69) is 13.2 Å². The topological polar surface area (TPSA) is 90.4 Å². The number of anilines is 2. The lowest BCUT2D eigenvalue weighted by molar-refractivity contribution is -0.145. The quantitative estimate of drug-likeness (QED) is 0.390. The van der Waals surface area contributed by atoms with Crippen molar-refractivity contribution in [3.8, 4) is 0 Å². The van der Waals surface area contributed by atoms with E-state index in [1.807, 2.05) is 44.2 Å². The predicted molar refractivity (Wildman–Crippen MR) is 163 cm³/mol. The molecule has 3 saturated heterocycles. The van der Waals surface area contributed by atoms with Crippen LogP contribution in [0.1, 0.15) is 26.7 Å². The monoisotopic (exact) mass is 591 g/mol. The number of aliphatic hydroxyl groups excluding tert-OH is 1. The Kier molecular flexibility index (Phi) is 8.60. The van der Waals surface area contributed by atoms with Crippen molar-refractivity contribution < 1.29 is 24.2 Å². The number of fused-ring (bicyclic) bond motifs is 1. The molecule has 3 fully saturated rings. The second kappa shape index (κ2) is 12.0. The van der Waals surface area contributed by atoms with Gasteiger partial charge in [-0.2, -0.15) is 0 Å². The van der Waals surface area contributed by atoms with E-state index in [4.69, 9.17) is 16.3 Å². The van der Waals surface area contributed by atoms with E-state index in [0.717, 1.165) is 0 Å². The van der Waals surface area contributed by atoms with Crippen molar-refractivity contribution in [3.05, 3.63) is 84.9 Å². The molecule has 0 aliphatic carbocycles. The highest BCUT2D eigenvalue weighted by molar-refractivity contribution is 6.30. The minimum absolute atomic E-state index is 0.152. The van der Waals surface area contributed by atoms with Gasteiger partial charge in [-0.3, -0.25) is 14.4 Å². The van der Waals surface area contributed by atoms with E-state index in [1.54, 1.807) is 46.2 Å². The minimum atomic E-state index is -1.20. The van der Waals surface area contributed by atoms with E-state index >= 15 is 0 Å². The fraction of sp³-hybridized carbons (Fsp3) is 0.424. The summed E-state index contributed by atoms with van der Waals surface area (Å²) in [5.74, 6) is -2.70. The summed E-state index contributed by atoms with van der Waals surface area (Å²) in [7, 11) is 0. The number of rotatable bonds is 11. The van der Waals surface area contributed by atoms with Gasteiger partial charge in [0, 0.05) is 29.5 Å². The molecule has 3 amide bonds. The number of ether oxygens (including phenoxy) is 1. The van der Waals surface area contributed by atoms with Crippen molar-refractivity contribution in [2.45, 2.75) is 50.5 Å². The van der Waals surface area contributed by atoms with E-state index < -0.39 is 35.6 Å². The Bertz CT molecular complexity index is 1350. The molecule has 3 heterocycles. The van der Waals surface area contributed by atoms with Crippen LogP contribution >= 0.6 is 11.6 Å². The van der Waals surface area contributed by atoms with Crippen LogP contribution in [0.4, 0.5) is 11.4 Å². The molecule has 0 saturated carbocycles. The first-order valence-electron chi connectivity index (χ1n) is 14.5. The first kappa shape index (κ1) is 30.0. The Hall–Kier alpha value is -3.46. The molecule has 8 nitrogen and oxygen atoms in total. The summed E-state index contributed by atoms with van der Waals surface area (Å²) in [4.78, 5) is 48.2. The molecule has 5 rings (SSSR count). The summed E-state index contributed by atoms with van der Waals surface area (Å²) in [6, 6.07) is 14.5. The average molecular weight is 592 g/mol. The van der Waals surface area contributed by atoms with Crippen LogP contribution in [-0.2, 0) is 19.1 Å². The van der Waals surface area contributed by atoms with Gasteiger partial charge in [0.1, 0.15) is 11.6 Å². The Balaban J connectivity index is 1.60. The summed E-state index contributed by atoms with van der Waals surface area (Å²) in [6.07, 6.45) is 3.78. The van der Waals surface area contributed by atoms with Crippen LogP contribution in [-0.4, -0.2) is 71.2 Å². The van der Waals surface area contributed by atoms with Crippen LogP contribution in [0.15, 0.2) is 79.9 Å². The summed E-state index contributed by atoms with van der Waals surface area (Å²) < 4.78 is 6.66. The fourth-order valence-corrected chi connectivity index (χ4v) is 7.22. The van der Waals surface area contributed by atoms with Gasteiger partial charge in [0.2, 0.25) is 11.8 Å². The zero-order chi connectivity index (χ0) is 30.2. The molecule has 3 aliphatic heterocycles. The van der Waals surface area contributed by atoms with Crippen LogP contribution in [0, 0.1) is 17.8 Å². The molecule has 2 unspecified atom stereocenters. The molecular weight excluding hydrogens is 554 g/mol. The Morgan fingerprint density at radius 1 is 1.05 bits per heavy atom. The predicted octanol–water partition coefficient (Wildman–Crippen LogP) is 4.47. The average Bonchev–Trinajstić information content (AvgIpc) is 3.63. The molecule has 2 aromatic rings. The van der Waals surface area contributed by atoms with Gasteiger partial charge in [-0.05, 0) is 55.2 Å². The van der Waals surface area contributed by atoms with Crippen LogP contribution in [0.2, 0.25) is 5.02 Å². The fourth-order valence-electron chi connectivity index (χ4n) is 7.09. The lowest BCUT2D eigenvalue weighted by Crippen LogP contribution is -2.59. The molecular formula is C33H38ClN3O5. The first-order valence-corrected chi connectivity index (χ1v) is 14.8. The summed E-state index contributed by atoms with van der Waals surface area (Å²) in [5, 5.41) is 11.0. The number of halogens is 1. The zero-order valence-electron chi connectivity index (χ0n) is 24.1. The Morgan fingerprint density at radius 2 is 1.64 bits per heavy atom. The molecule has 42 heavy (non-hydrogen) atoms. The maximum absolute atomic E-state index is 14.7. The standard InChI is InChI=1S/C33H38ClN3O5/c1-5-18-35(23-10-8-7-9-11-23)30(39)27-26-16-17-33(42-26)28(27)31(40)37(25(20-38)21(3)4)29(33)32(41)36(19-6-2)24-14-12-22(34)13-15-24/h5-15,21,25-29,38H,1-2,16-20H2,3-4H3/t25-,26-,27+,28-,29?,33?/m0/s1. The third kappa shape index (κ3) is 4.85. The maximum Gasteiger partial charge on any atom is 0.253 e. The molecule has 1 spiro atoms. The van der Waals surface area contributed by atoms with Crippen molar-refractivity contribution in [2.24, 2.45) is 17.8 Å². The zero-order valence-corrected chi connectivity index (χ0v) is 24.8. The Labute approximate surface area is 252 Å². The highest BCUT2D eigenvalue weighted by atomic mass is 35.5. The number of nitrogens with zero attached hydrogens (tertiary/aromatic N) is 3. The number of carbonyl (C=O) groups is 3. The van der Waals surface area contributed by atoms with Crippen LogP contribution < -0.4 is 9.80 Å². The number of amides is 3. The molecule has 2 aromatic carbocycles. The molecule has 3 aliphatic rings. The third-order valence-corrected chi connectivity index (χ3v) is 9.18. The highest BCUT2D eigenvalue weighted by Crippen LogP contribution is 2.59. The maximum atomic E-state index is 14.7. The largest absolute Gasteiger partial charge is 0.394 e. The van der Waals surface area contributed by atoms with Crippen LogP contribution in [0.25, 0.3) is 0 Å². The number of aliphatic hydroxyl groups is 1. The summed E-state index contributed by atoms with van der Waals surface area (Å²) in [5.41, 5.74) is 0.0941. The second-order valence-electron chi connectivity index (χ2n) is 11.6. The molecule has 1 N–H and O–H groups in total. The molecule has 0 aromatic heterocycles. The molecule has 0 radical (unpaired) electrons. The molecule has 222 valence electrons. The lowest BCUT2D eigenvalue weighted by Gasteiger charge is -2.40. The number of para-hydroxylation sites is 1. The number of hydrogen-bond acceptors (Lipinski definition) is 5. The molecule has 6 atom stereocenters. The Morgan fingerprint density at radius 3 is 2.21 bits per heavy atom. The van der Waals surface area contributed by atoms with Gasteiger partial charge in [-0.25, -0.2) is 0 Å². The minimum Gasteiger partial charge on any atom is -0.394 e. The highest BCUT2D eigenvalue weighted by Gasteiger charge is 2.75. The normalized spacial score (nSPS) is 26.7. The van der Waals surface area contributed by atoms with Crippen molar-refractivity contribution in [3.63, 3.8) is 0 Å². The first-order chi connectivity index (χ1) is 20.2. The van der Waals surface area contributed by atoms with Gasteiger partial charge in [-0.15, -0.1) is 13.2 Å². The van der Waals surface area contributed by atoms with Crippen LogP contribution in [0.3, 0.4) is 0 Å². The summed E-state index contributed by atoms with van der Waals surface area (Å²) in [6.45, 7) is 11.6. The van der Waals surface area contributed by atoms with E-state index in [-0.39, 0.29) is 43.3 Å². The van der Waals surface area contributed by atoms with Crippen molar-refractivity contribution in [2.75, 3.05) is 29.5 Å². The van der Waals surface area contributed by atoms with E-state index in [0.29, 0.717) is 29.2 Å². The SMILES string of the molecule is C=CCN(C(=O)C1N([C@@H](CO)C(C)C)C(=O)[C@@H]2[C@H](C(=O)N(CC=C)c3ccccc3)[C@@H]3CCC12O3)c1ccc(Cl)cc1. The molecule has 2 bridgehead atoms. The van der Waals surface area contributed by atoms with Crippen molar-refractivity contribution >= 4 is 40.7 Å². The van der Waals surface area contributed by atoms with Gasteiger partial charge in [0.15, 0.2) is 0 Å². The number of carbonyl (C=O) groups excluding carboxylic acids is 3. The van der Waals surface area contributed by atoms with E-state index in [9.17, 15) is 19.5 Å². The lowest BCUT2D eigenvalue weighted by atomic mass is 9.70. The third-order valence-electron chi connectivity index (χ3n) is 8.93. The number of benzene rings is 2. The van der Waals surface area contributed by atoms with Crippen LogP contribution in [0.5, 0.6) is 0 Å². The number of likely N-dealkylation sites (tertiary alicyclic amines) is 1. The van der Waals surface area contributed by atoms with E-state index in [1.165, 1.54) is 4.90 Å². The van der Waals surface area contributed by atoms with Gasteiger partial charge < -0.3 is 24.5 Å². The van der Waals surface area contributed by atoms with Gasteiger partial charge in [-0.1, -0.05) is 55.8 Å². The molecule has 9 heteroatoms. The summed E-state index contributed by atoms with van der Waals surface area (Å²) >= 11 is 6.13. The van der Waals surface area contributed by atoms with Crippen molar-refractivity contribution in [1.29, 1.82) is 0 Å². The number of hydrogen-bond donors (Lipinski definition) is 1. The smallest absolute Gasteiger partial charge is 0.253 e. The van der Waals surface area contributed by atoms with Gasteiger partial charge in [0.25, 0.3) is 5.91 Å². The van der Waals surface area contributed by atoms with Gasteiger partial charge >= 0.3 is 0 Å². The van der Waals surface area contributed by atoms with Gasteiger partial charge in [0.05, 0.1) is 30.6 Å². The van der Waals surface area contributed by atoms with Crippen molar-refractivity contribution in [1.82, 2.24) is 4.90 Å².